The lowest BCUT2D eigenvalue weighted by Crippen LogP contribution is -1.85. The topological polar surface area (TPSA) is 69.6 Å². The number of aromatic nitrogens is 4. The molecule has 0 bridgehead atoms. The Balaban J connectivity index is 2.43. The highest BCUT2D eigenvalue weighted by Crippen LogP contribution is 2.19. The van der Waals surface area contributed by atoms with Gasteiger partial charge in [-0.1, -0.05) is 5.21 Å². The van der Waals surface area contributed by atoms with E-state index in [9.17, 15) is 0 Å². The van der Waals surface area contributed by atoms with Gasteiger partial charge in [-0.3, -0.25) is 4.68 Å². The summed E-state index contributed by atoms with van der Waals surface area (Å²) in [5, 5.41) is 10.1. The molecule has 2 aromatic rings. The zero-order chi connectivity index (χ0) is 8.55. The number of aryl methyl sites for hydroxylation is 1. The zero-order valence-electron chi connectivity index (χ0n) is 6.43. The molecule has 0 spiro atoms. The van der Waals surface area contributed by atoms with Crippen molar-refractivity contribution in [1.29, 1.82) is 0 Å². The standard InChI is InChI=1S/C6H7N5S/c1-11-2-4(9-10-11)5-3-12-6(7)8-5/h2-3H,1H3,(H2,7,8). The van der Waals surface area contributed by atoms with Crippen LogP contribution in [-0.2, 0) is 7.05 Å². The summed E-state index contributed by atoms with van der Waals surface area (Å²) in [6, 6.07) is 0. The molecular formula is C6H7N5S. The first-order valence-electron chi connectivity index (χ1n) is 3.33. The summed E-state index contributed by atoms with van der Waals surface area (Å²) in [7, 11) is 1.81. The van der Waals surface area contributed by atoms with Crippen molar-refractivity contribution in [2.45, 2.75) is 0 Å². The molecule has 2 aromatic heterocycles. The van der Waals surface area contributed by atoms with Crippen LogP contribution in [0, 0.1) is 0 Å². The molecule has 0 saturated heterocycles. The van der Waals surface area contributed by atoms with E-state index < -0.39 is 0 Å². The fraction of sp³-hybridized carbons (Fsp3) is 0.167. The first kappa shape index (κ1) is 7.23. The van der Waals surface area contributed by atoms with Gasteiger partial charge in [0.1, 0.15) is 11.4 Å². The molecule has 0 saturated carbocycles. The number of hydrogen-bond donors (Lipinski definition) is 1. The van der Waals surface area contributed by atoms with E-state index in [1.165, 1.54) is 11.3 Å². The van der Waals surface area contributed by atoms with Gasteiger partial charge in [0.2, 0.25) is 0 Å². The summed E-state index contributed by atoms with van der Waals surface area (Å²) >= 11 is 1.40. The highest BCUT2D eigenvalue weighted by molar-refractivity contribution is 7.13. The van der Waals surface area contributed by atoms with Crippen LogP contribution >= 0.6 is 11.3 Å². The van der Waals surface area contributed by atoms with Gasteiger partial charge in [0.15, 0.2) is 5.13 Å². The Labute approximate surface area is 72.8 Å². The molecule has 2 N–H and O–H groups in total. The molecule has 0 aromatic carbocycles. The second kappa shape index (κ2) is 2.56. The Morgan fingerprint density at radius 3 is 2.83 bits per heavy atom. The third-order valence-corrected chi connectivity index (χ3v) is 2.06. The Morgan fingerprint density at radius 2 is 2.33 bits per heavy atom. The minimum atomic E-state index is 0.552. The van der Waals surface area contributed by atoms with Crippen LogP contribution in [0.1, 0.15) is 0 Å². The van der Waals surface area contributed by atoms with Crippen LogP contribution in [0.4, 0.5) is 5.13 Å². The third-order valence-electron chi connectivity index (χ3n) is 1.39. The van der Waals surface area contributed by atoms with Crippen LogP contribution in [0.25, 0.3) is 11.4 Å². The number of nitrogens with zero attached hydrogens (tertiary/aromatic N) is 4. The molecule has 0 aliphatic carbocycles. The van der Waals surface area contributed by atoms with Crippen LogP contribution < -0.4 is 5.73 Å². The smallest absolute Gasteiger partial charge is 0.180 e. The summed E-state index contributed by atoms with van der Waals surface area (Å²) in [4.78, 5) is 4.07. The van der Waals surface area contributed by atoms with Crippen molar-refractivity contribution in [1.82, 2.24) is 20.0 Å². The molecule has 62 valence electrons. The molecule has 0 radical (unpaired) electrons. The summed E-state index contributed by atoms with van der Waals surface area (Å²) in [5.74, 6) is 0. The molecule has 0 unspecified atom stereocenters. The van der Waals surface area contributed by atoms with E-state index in [0.29, 0.717) is 5.13 Å². The average molecular weight is 181 g/mol. The summed E-state index contributed by atoms with van der Waals surface area (Å²) in [5.41, 5.74) is 7.01. The Morgan fingerprint density at radius 1 is 1.50 bits per heavy atom. The first-order chi connectivity index (χ1) is 5.75. The Kier molecular flexibility index (Phi) is 1.54. The van der Waals surface area contributed by atoms with Crippen molar-refractivity contribution in [3.63, 3.8) is 0 Å². The molecule has 2 heterocycles. The minimum absolute atomic E-state index is 0.552. The van der Waals surface area contributed by atoms with Gasteiger partial charge in [-0.05, 0) is 0 Å². The van der Waals surface area contributed by atoms with Crippen molar-refractivity contribution in [3.8, 4) is 11.4 Å². The summed E-state index contributed by atoms with van der Waals surface area (Å²) < 4.78 is 1.63. The lowest BCUT2D eigenvalue weighted by molar-refractivity contribution is 0.715. The van der Waals surface area contributed by atoms with E-state index in [4.69, 9.17) is 5.73 Å². The van der Waals surface area contributed by atoms with Crippen LogP contribution in [0.3, 0.4) is 0 Å². The normalized spacial score (nSPS) is 10.4. The third kappa shape index (κ3) is 1.16. The maximum Gasteiger partial charge on any atom is 0.180 e. The fourth-order valence-electron chi connectivity index (χ4n) is 0.870. The largest absolute Gasteiger partial charge is 0.375 e. The molecule has 5 nitrogen and oxygen atoms in total. The lowest BCUT2D eigenvalue weighted by atomic mass is 10.4. The SMILES string of the molecule is Cn1cc(-c2csc(N)n2)nn1. The number of nitrogens with two attached hydrogens (primary N) is 1. The van der Waals surface area contributed by atoms with Gasteiger partial charge in [-0.25, -0.2) is 4.98 Å². The number of anilines is 1. The first-order valence-corrected chi connectivity index (χ1v) is 4.21. The van der Waals surface area contributed by atoms with Crippen molar-refractivity contribution in [2.24, 2.45) is 7.05 Å². The second-order valence-corrected chi connectivity index (χ2v) is 3.24. The predicted molar refractivity (Wildman–Crippen MR) is 46.5 cm³/mol. The van der Waals surface area contributed by atoms with Gasteiger partial charge in [-0.2, -0.15) is 0 Å². The van der Waals surface area contributed by atoms with Crippen LogP contribution in [0.5, 0.6) is 0 Å². The average Bonchev–Trinajstić information content (AvgIpc) is 2.58. The number of thiazole rings is 1. The zero-order valence-corrected chi connectivity index (χ0v) is 7.25. The molecule has 0 fully saturated rings. The van der Waals surface area contributed by atoms with Crippen molar-refractivity contribution >= 4 is 16.5 Å². The number of rotatable bonds is 1. The molecular weight excluding hydrogens is 174 g/mol. The van der Waals surface area contributed by atoms with Crippen LogP contribution in [0.2, 0.25) is 0 Å². The van der Waals surface area contributed by atoms with Gasteiger partial charge in [0, 0.05) is 12.4 Å². The van der Waals surface area contributed by atoms with E-state index in [0.717, 1.165) is 11.4 Å². The molecule has 0 aliphatic heterocycles. The highest BCUT2D eigenvalue weighted by Gasteiger charge is 2.05. The van der Waals surface area contributed by atoms with E-state index in [2.05, 4.69) is 15.3 Å². The van der Waals surface area contributed by atoms with E-state index >= 15 is 0 Å². The quantitative estimate of drug-likeness (QED) is 0.696. The fourth-order valence-corrected chi connectivity index (χ4v) is 1.43. The molecule has 12 heavy (non-hydrogen) atoms. The van der Waals surface area contributed by atoms with Crippen molar-refractivity contribution in [2.75, 3.05) is 5.73 Å². The lowest BCUT2D eigenvalue weighted by Gasteiger charge is -1.83. The predicted octanol–water partition coefficient (Wildman–Crippen LogP) is 0.521. The van der Waals surface area contributed by atoms with Gasteiger partial charge < -0.3 is 5.73 Å². The summed E-state index contributed by atoms with van der Waals surface area (Å²) in [6.07, 6.45) is 1.80. The Bertz CT molecular complexity index is 352. The maximum atomic E-state index is 5.48. The molecule has 0 aliphatic rings. The highest BCUT2D eigenvalue weighted by atomic mass is 32.1. The Hall–Kier alpha value is -1.43. The monoisotopic (exact) mass is 181 g/mol. The van der Waals surface area contributed by atoms with Crippen molar-refractivity contribution in [3.05, 3.63) is 11.6 Å². The molecule has 0 amide bonds. The number of hydrogen-bond acceptors (Lipinski definition) is 5. The van der Waals surface area contributed by atoms with Gasteiger partial charge >= 0.3 is 0 Å². The van der Waals surface area contributed by atoms with E-state index in [-0.39, 0.29) is 0 Å². The maximum absolute atomic E-state index is 5.48. The molecule has 0 atom stereocenters. The number of nitrogen functional groups attached to an aromatic ring is 1. The second-order valence-electron chi connectivity index (χ2n) is 2.35. The minimum Gasteiger partial charge on any atom is -0.375 e. The van der Waals surface area contributed by atoms with E-state index in [1.807, 2.05) is 12.4 Å². The van der Waals surface area contributed by atoms with Gasteiger partial charge in [-0.15, -0.1) is 16.4 Å². The molecule has 6 heteroatoms. The van der Waals surface area contributed by atoms with Crippen LogP contribution in [-0.4, -0.2) is 20.0 Å². The molecule has 2 rings (SSSR count). The van der Waals surface area contributed by atoms with Gasteiger partial charge in [0.25, 0.3) is 0 Å². The van der Waals surface area contributed by atoms with E-state index in [1.54, 1.807) is 10.9 Å². The summed E-state index contributed by atoms with van der Waals surface area (Å²) in [6.45, 7) is 0. The van der Waals surface area contributed by atoms with Crippen molar-refractivity contribution < 1.29 is 0 Å². The van der Waals surface area contributed by atoms with Gasteiger partial charge in [0.05, 0.1) is 6.20 Å². The van der Waals surface area contributed by atoms with Crippen LogP contribution in [0.15, 0.2) is 11.6 Å².